The van der Waals surface area contributed by atoms with Crippen LogP contribution in [0, 0.1) is 0 Å². The van der Waals surface area contributed by atoms with Gasteiger partial charge in [0.15, 0.2) is 17.3 Å². The van der Waals surface area contributed by atoms with Crippen molar-refractivity contribution in [3.05, 3.63) is 77.9 Å². The number of ether oxygens (including phenoxy) is 3. The van der Waals surface area contributed by atoms with E-state index in [4.69, 9.17) is 19.2 Å². The maximum Gasteiger partial charge on any atom is 0.203 e. The highest BCUT2D eigenvalue weighted by Crippen LogP contribution is 2.38. The number of aromatic nitrogens is 1. The van der Waals surface area contributed by atoms with Gasteiger partial charge in [0, 0.05) is 16.3 Å². The minimum Gasteiger partial charge on any atom is -0.493 e. The molecule has 1 aromatic heterocycles. The first kappa shape index (κ1) is 19.5. The van der Waals surface area contributed by atoms with Crippen LogP contribution >= 0.6 is 0 Å². The zero-order valence-corrected chi connectivity index (χ0v) is 17.0. The number of fused-ring (bicyclic) bond motifs is 2. The summed E-state index contributed by atoms with van der Waals surface area (Å²) in [5.74, 6) is 1.16. The molecule has 0 unspecified atom stereocenters. The van der Waals surface area contributed by atoms with E-state index < -0.39 is 0 Å². The molecule has 150 valence electrons. The predicted molar refractivity (Wildman–Crippen MR) is 119 cm³/mol. The molecule has 0 aliphatic rings. The number of nitrogens with zero attached hydrogens (tertiary/aromatic N) is 1. The number of hydrogen-bond donors (Lipinski definition) is 0. The molecule has 3 aromatic carbocycles. The lowest BCUT2D eigenvalue weighted by Gasteiger charge is -2.13. The van der Waals surface area contributed by atoms with Gasteiger partial charge in [0.25, 0.3) is 0 Å². The second-order valence-corrected chi connectivity index (χ2v) is 6.67. The average molecular weight is 399 g/mol. The Kier molecular flexibility index (Phi) is 5.35. The lowest BCUT2D eigenvalue weighted by molar-refractivity contribution is 0.104. The summed E-state index contributed by atoms with van der Waals surface area (Å²) in [5.41, 5.74) is 3.17. The first-order valence-corrected chi connectivity index (χ1v) is 9.46. The van der Waals surface area contributed by atoms with E-state index in [2.05, 4.69) is 0 Å². The van der Waals surface area contributed by atoms with Crippen molar-refractivity contribution in [1.82, 2.24) is 4.98 Å². The Morgan fingerprint density at radius 2 is 1.33 bits per heavy atom. The van der Waals surface area contributed by atoms with Crippen LogP contribution in [0.25, 0.3) is 27.9 Å². The smallest absolute Gasteiger partial charge is 0.203 e. The number of ketones is 1. The molecular formula is C25H21NO4. The molecule has 0 spiro atoms. The van der Waals surface area contributed by atoms with Gasteiger partial charge in [-0.25, -0.2) is 4.98 Å². The van der Waals surface area contributed by atoms with Crippen LogP contribution in [-0.2, 0) is 0 Å². The van der Waals surface area contributed by atoms with E-state index >= 15 is 0 Å². The third kappa shape index (κ3) is 3.46. The summed E-state index contributed by atoms with van der Waals surface area (Å²) in [4.78, 5) is 17.7. The third-order valence-corrected chi connectivity index (χ3v) is 4.98. The molecule has 0 atom stereocenters. The summed E-state index contributed by atoms with van der Waals surface area (Å²) < 4.78 is 16.0. The molecule has 0 bridgehead atoms. The number of benzene rings is 3. The molecule has 0 saturated carbocycles. The summed E-state index contributed by atoms with van der Waals surface area (Å²) in [6, 6.07) is 19.1. The van der Waals surface area contributed by atoms with Gasteiger partial charge < -0.3 is 14.2 Å². The van der Waals surface area contributed by atoms with E-state index in [0.717, 1.165) is 27.4 Å². The highest BCUT2D eigenvalue weighted by molar-refractivity contribution is 6.10. The Hall–Kier alpha value is -3.86. The van der Waals surface area contributed by atoms with Crippen LogP contribution in [0.4, 0.5) is 0 Å². The minimum atomic E-state index is -0.167. The van der Waals surface area contributed by atoms with Crippen molar-refractivity contribution in [3.63, 3.8) is 0 Å². The molecule has 0 radical (unpaired) electrons. The van der Waals surface area contributed by atoms with E-state index in [1.54, 1.807) is 18.2 Å². The van der Waals surface area contributed by atoms with Crippen molar-refractivity contribution in [2.24, 2.45) is 0 Å². The SMILES string of the molecule is COc1cc(C(=O)/C=C/c2c3ccccc3nc3ccccc23)cc(OC)c1OC. The van der Waals surface area contributed by atoms with Gasteiger partial charge >= 0.3 is 0 Å². The van der Waals surface area contributed by atoms with Crippen molar-refractivity contribution in [1.29, 1.82) is 0 Å². The molecule has 5 nitrogen and oxygen atoms in total. The fraction of sp³-hybridized carbons (Fsp3) is 0.120. The van der Waals surface area contributed by atoms with E-state index in [1.807, 2.05) is 54.6 Å². The van der Waals surface area contributed by atoms with Crippen molar-refractivity contribution >= 4 is 33.7 Å². The van der Waals surface area contributed by atoms with Crippen LogP contribution in [0.3, 0.4) is 0 Å². The second-order valence-electron chi connectivity index (χ2n) is 6.67. The summed E-state index contributed by atoms with van der Waals surface area (Å²) >= 11 is 0. The van der Waals surface area contributed by atoms with Crippen LogP contribution in [0.1, 0.15) is 15.9 Å². The minimum absolute atomic E-state index is 0.167. The molecular weight excluding hydrogens is 378 g/mol. The number of hydrogen-bond acceptors (Lipinski definition) is 5. The summed E-state index contributed by atoms with van der Waals surface area (Å²) in [5, 5.41) is 1.98. The van der Waals surface area contributed by atoms with Gasteiger partial charge in [0.2, 0.25) is 5.75 Å². The lowest BCUT2D eigenvalue weighted by Crippen LogP contribution is -2.00. The van der Waals surface area contributed by atoms with Crippen LogP contribution in [0.2, 0.25) is 0 Å². The second kappa shape index (κ2) is 8.25. The molecule has 5 heteroatoms. The van der Waals surface area contributed by atoms with Crippen molar-refractivity contribution < 1.29 is 19.0 Å². The summed E-state index contributed by atoms with van der Waals surface area (Å²) in [7, 11) is 4.58. The van der Waals surface area contributed by atoms with Crippen LogP contribution in [0.5, 0.6) is 17.2 Å². The van der Waals surface area contributed by atoms with Gasteiger partial charge in [-0.1, -0.05) is 36.4 Å². The Morgan fingerprint density at radius 1 is 0.800 bits per heavy atom. The maximum absolute atomic E-state index is 13.0. The van der Waals surface area contributed by atoms with E-state index in [0.29, 0.717) is 22.8 Å². The van der Waals surface area contributed by atoms with Crippen molar-refractivity contribution in [3.8, 4) is 17.2 Å². The van der Waals surface area contributed by atoms with Gasteiger partial charge in [0.1, 0.15) is 0 Å². The lowest BCUT2D eigenvalue weighted by atomic mass is 10.0. The Bertz CT molecular complexity index is 1200. The average Bonchev–Trinajstić information content (AvgIpc) is 2.80. The highest BCUT2D eigenvalue weighted by atomic mass is 16.5. The Labute approximate surface area is 174 Å². The molecule has 0 aliphatic heterocycles. The van der Waals surface area contributed by atoms with Crippen molar-refractivity contribution in [2.75, 3.05) is 21.3 Å². The molecule has 0 N–H and O–H groups in total. The van der Waals surface area contributed by atoms with Gasteiger partial charge in [-0.3, -0.25) is 4.79 Å². The molecule has 0 saturated heterocycles. The number of pyridine rings is 1. The molecule has 0 amide bonds. The van der Waals surface area contributed by atoms with E-state index in [-0.39, 0.29) is 5.78 Å². The molecule has 4 rings (SSSR count). The first-order valence-electron chi connectivity index (χ1n) is 9.46. The molecule has 0 fully saturated rings. The van der Waals surface area contributed by atoms with Crippen molar-refractivity contribution in [2.45, 2.75) is 0 Å². The number of methoxy groups -OCH3 is 3. The van der Waals surface area contributed by atoms with E-state index in [1.165, 1.54) is 21.3 Å². The molecule has 4 aromatic rings. The quantitative estimate of drug-likeness (QED) is 0.250. The third-order valence-electron chi connectivity index (χ3n) is 4.98. The topological polar surface area (TPSA) is 57.7 Å². The number of rotatable bonds is 6. The van der Waals surface area contributed by atoms with Gasteiger partial charge in [-0.05, 0) is 42.0 Å². The molecule has 30 heavy (non-hydrogen) atoms. The van der Waals surface area contributed by atoms with Gasteiger partial charge in [-0.2, -0.15) is 0 Å². The van der Waals surface area contributed by atoms with Gasteiger partial charge in [-0.15, -0.1) is 0 Å². The van der Waals surface area contributed by atoms with E-state index in [9.17, 15) is 4.79 Å². The maximum atomic E-state index is 13.0. The zero-order chi connectivity index (χ0) is 21.1. The monoisotopic (exact) mass is 399 g/mol. The summed E-state index contributed by atoms with van der Waals surface area (Å²) in [6.45, 7) is 0. The number of carbonyl (C=O) groups excluding carboxylic acids is 1. The fourth-order valence-electron chi connectivity index (χ4n) is 3.53. The number of para-hydroxylation sites is 2. The highest BCUT2D eigenvalue weighted by Gasteiger charge is 2.16. The molecule has 0 aliphatic carbocycles. The predicted octanol–water partition coefficient (Wildman–Crippen LogP) is 5.31. The summed E-state index contributed by atoms with van der Waals surface area (Å²) in [6.07, 6.45) is 3.41. The fourth-order valence-corrected chi connectivity index (χ4v) is 3.53. The standard InChI is InChI=1S/C25H21NO4/c1-28-23-14-16(15-24(29-2)25(23)30-3)22(27)13-12-17-18-8-4-6-10-20(18)26-21-11-7-5-9-19(17)21/h4-15H,1-3H3/b13-12+. The number of allylic oxidation sites excluding steroid dienone is 1. The van der Waals surface area contributed by atoms with Gasteiger partial charge in [0.05, 0.1) is 32.4 Å². The molecule has 1 heterocycles. The Morgan fingerprint density at radius 3 is 1.83 bits per heavy atom. The van der Waals surface area contributed by atoms with Crippen LogP contribution in [-0.4, -0.2) is 32.1 Å². The zero-order valence-electron chi connectivity index (χ0n) is 17.0. The van der Waals surface area contributed by atoms with Crippen LogP contribution in [0.15, 0.2) is 66.7 Å². The van der Waals surface area contributed by atoms with Crippen LogP contribution < -0.4 is 14.2 Å². The first-order chi connectivity index (χ1) is 14.7. The Balaban J connectivity index is 1.81. The normalized spacial score (nSPS) is 11.2. The number of carbonyl (C=O) groups is 1. The largest absolute Gasteiger partial charge is 0.493 e.